The van der Waals surface area contributed by atoms with Crippen LogP contribution in [0.1, 0.15) is 17.3 Å². The molecular weight excluding hydrogens is 252 g/mol. The molecule has 0 saturated heterocycles. The Bertz CT molecular complexity index is 532. The zero-order valence-corrected chi connectivity index (χ0v) is 11.3. The summed E-state index contributed by atoms with van der Waals surface area (Å²) in [4.78, 5) is 4.29. The van der Waals surface area contributed by atoms with Crippen molar-refractivity contribution in [2.45, 2.75) is 20.4 Å². The molecule has 0 unspecified atom stereocenters. The maximum Gasteiger partial charge on any atom is 0.213 e. The Hall–Kier alpha value is -1.68. The Balaban J connectivity index is 2.10. The third kappa shape index (κ3) is 2.76. The molecule has 1 heterocycles. The van der Waals surface area contributed by atoms with Gasteiger partial charge < -0.3 is 14.5 Å². The lowest BCUT2D eigenvalue weighted by atomic mass is 10.3. The number of hydrogen-bond donors (Lipinski definition) is 1. The van der Waals surface area contributed by atoms with Gasteiger partial charge in [-0.2, -0.15) is 0 Å². The highest BCUT2D eigenvalue weighted by atomic mass is 35.5. The topological polar surface area (TPSA) is 47.3 Å². The average molecular weight is 267 g/mol. The van der Waals surface area contributed by atoms with Crippen LogP contribution in [0.3, 0.4) is 0 Å². The van der Waals surface area contributed by atoms with Gasteiger partial charge in [0.05, 0.1) is 30.1 Å². The van der Waals surface area contributed by atoms with Crippen molar-refractivity contribution in [1.29, 1.82) is 0 Å². The minimum absolute atomic E-state index is 0.488. The number of benzene rings is 1. The van der Waals surface area contributed by atoms with Gasteiger partial charge in [-0.1, -0.05) is 11.6 Å². The molecular formula is C13H15ClN2O2. The summed E-state index contributed by atoms with van der Waals surface area (Å²) in [6, 6.07) is 5.44. The predicted molar refractivity (Wildman–Crippen MR) is 71.3 cm³/mol. The zero-order chi connectivity index (χ0) is 13.1. The average Bonchev–Trinajstić information content (AvgIpc) is 2.68. The van der Waals surface area contributed by atoms with Gasteiger partial charge in [-0.25, -0.2) is 4.98 Å². The smallest absolute Gasteiger partial charge is 0.213 e. The van der Waals surface area contributed by atoms with Crippen LogP contribution < -0.4 is 10.1 Å². The second-order valence-corrected chi connectivity index (χ2v) is 4.36. The third-order valence-corrected chi connectivity index (χ3v) is 3.01. The second-order valence-electron chi connectivity index (χ2n) is 3.95. The zero-order valence-electron chi connectivity index (χ0n) is 10.6. The molecule has 2 aromatic rings. The van der Waals surface area contributed by atoms with Gasteiger partial charge in [0.2, 0.25) is 5.89 Å². The van der Waals surface area contributed by atoms with E-state index in [2.05, 4.69) is 10.3 Å². The van der Waals surface area contributed by atoms with Gasteiger partial charge in [-0.3, -0.25) is 0 Å². The highest BCUT2D eigenvalue weighted by molar-refractivity contribution is 6.33. The number of ether oxygens (including phenoxy) is 1. The number of rotatable bonds is 4. The Labute approximate surface area is 111 Å². The normalized spacial score (nSPS) is 10.4. The van der Waals surface area contributed by atoms with Crippen LogP contribution in [0.2, 0.25) is 5.02 Å². The number of nitrogens with zero attached hydrogens (tertiary/aromatic N) is 1. The van der Waals surface area contributed by atoms with Gasteiger partial charge in [-0.05, 0) is 26.0 Å². The van der Waals surface area contributed by atoms with Crippen molar-refractivity contribution in [3.63, 3.8) is 0 Å². The van der Waals surface area contributed by atoms with Gasteiger partial charge >= 0.3 is 0 Å². The first-order chi connectivity index (χ1) is 8.60. The SMILES string of the molecule is COc1ccc(Cl)c(NCc2nc(C)c(C)o2)c1. The molecule has 0 aliphatic heterocycles. The second kappa shape index (κ2) is 5.31. The number of anilines is 1. The molecule has 96 valence electrons. The quantitative estimate of drug-likeness (QED) is 0.919. The highest BCUT2D eigenvalue weighted by Gasteiger charge is 2.07. The van der Waals surface area contributed by atoms with E-state index < -0.39 is 0 Å². The van der Waals surface area contributed by atoms with Crippen LogP contribution in [0.25, 0.3) is 0 Å². The van der Waals surface area contributed by atoms with E-state index in [1.54, 1.807) is 13.2 Å². The van der Waals surface area contributed by atoms with Crippen LogP contribution in [0, 0.1) is 13.8 Å². The summed E-state index contributed by atoms with van der Waals surface area (Å²) in [6.45, 7) is 4.30. The van der Waals surface area contributed by atoms with E-state index >= 15 is 0 Å². The van der Waals surface area contributed by atoms with Crippen molar-refractivity contribution in [1.82, 2.24) is 4.98 Å². The van der Waals surface area contributed by atoms with Gasteiger partial charge in [0.25, 0.3) is 0 Å². The fraction of sp³-hybridized carbons (Fsp3) is 0.308. The van der Waals surface area contributed by atoms with Crippen LogP contribution in [0.4, 0.5) is 5.69 Å². The molecule has 0 aliphatic rings. The first-order valence-corrected chi connectivity index (χ1v) is 5.98. The summed E-state index contributed by atoms with van der Waals surface area (Å²) in [5, 5.41) is 3.81. The van der Waals surface area contributed by atoms with E-state index in [9.17, 15) is 0 Å². The van der Waals surface area contributed by atoms with Crippen molar-refractivity contribution >= 4 is 17.3 Å². The van der Waals surface area contributed by atoms with E-state index in [-0.39, 0.29) is 0 Å². The Morgan fingerprint density at radius 2 is 2.17 bits per heavy atom. The van der Waals surface area contributed by atoms with Crippen LogP contribution in [0.15, 0.2) is 22.6 Å². The Kier molecular flexibility index (Phi) is 3.77. The molecule has 0 radical (unpaired) electrons. The molecule has 2 rings (SSSR count). The molecule has 0 spiro atoms. The van der Waals surface area contributed by atoms with Gasteiger partial charge in [-0.15, -0.1) is 0 Å². The molecule has 0 atom stereocenters. The van der Waals surface area contributed by atoms with E-state index in [4.69, 9.17) is 20.8 Å². The van der Waals surface area contributed by atoms with E-state index in [0.717, 1.165) is 22.9 Å². The minimum Gasteiger partial charge on any atom is -0.497 e. The molecule has 5 heteroatoms. The minimum atomic E-state index is 0.488. The molecule has 18 heavy (non-hydrogen) atoms. The molecule has 1 aromatic carbocycles. The number of methoxy groups -OCH3 is 1. The van der Waals surface area contributed by atoms with Crippen molar-refractivity contribution in [2.24, 2.45) is 0 Å². The number of halogens is 1. The summed E-state index contributed by atoms with van der Waals surface area (Å²) in [6.07, 6.45) is 0. The maximum absolute atomic E-state index is 6.09. The number of aromatic nitrogens is 1. The molecule has 0 aliphatic carbocycles. The number of nitrogens with one attached hydrogen (secondary N) is 1. The number of aryl methyl sites for hydroxylation is 2. The summed E-state index contributed by atoms with van der Waals surface area (Å²) in [5.74, 6) is 2.23. The number of oxazole rings is 1. The monoisotopic (exact) mass is 266 g/mol. The van der Waals surface area contributed by atoms with Crippen molar-refractivity contribution in [3.8, 4) is 5.75 Å². The fourth-order valence-corrected chi connectivity index (χ4v) is 1.74. The Morgan fingerprint density at radius 1 is 1.39 bits per heavy atom. The summed E-state index contributed by atoms with van der Waals surface area (Å²) in [5.41, 5.74) is 1.70. The van der Waals surface area contributed by atoms with Crippen molar-refractivity contribution < 1.29 is 9.15 Å². The molecule has 1 aromatic heterocycles. The van der Waals surface area contributed by atoms with Gasteiger partial charge in [0.1, 0.15) is 11.5 Å². The number of hydrogen-bond acceptors (Lipinski definition) is 4. The third-order valence-electron chi connectivity index (χ3n) is 2.68. The summed E-state index contributed by atoms with van der Waals surface area (Å²) in [7, 11) is 1.62. The Morgan fingerprint density at radius 3 is 2.78 bits per heavy atom. The predicted octanol–water partition coefficient (Wildman–Crippen LogP) is 3.57. The van der Waals surface area contributed by atoms with E-state index in [0.29, 0.717) is 17.5 Å². The van der Waals surface area contributed by atoms with Crippen molar-refractivity contribution in [3.05, 3.63) is 40.6 Å². The summed E-state index contributed by atoms with van der Waals surface area (Å²) >= 11 is 6.09. The fourth-order valence-electron chi connectivity index (χ4n) is 1.55. The molecule has 0 fully saturated rings. The first kappa shape index (κ1) is 12.8. The van der Waals surface area contributed by atoms with Crippen LogP contribution in [0.5, 0.6) is 5.75 Å². The van der Waals surface area contributed by atoms with Crippen LogP contribution in [-0.2, 0) is 6.54 Å². The largest absolute Gasteiger partial charge is 0.497 e. The lowest BCUT2D eigenvalue weighted by Crippen LogP contribution is -2.00. The standard InChI is InChI=1S/C13H15ClN2O2/c1-8-9(2)18-13(16-8)7-15-12-6-10(17-3)4-5-11(12)14/h4-6,15H,7H2,1-3H3. The lowest BCUT2D eigenvalue weighted by Gasteiger charge is -2.08. The molecule has 0 bridgehead atoms. The maximum atomic E-state index is 6.09. The highest BCUT2D eigenvalue weighted by Crippen LogP contribution is 2.27. The molecule has 0 saturated carbocycles. The summed E-state index contributed by atoms with van der Waals surface area (Å²) < 4.78 is 10.6. The first-order valence-electron chi connectivity index (χ1n) is 5.60. The van der Waals surface area contributed by atoms with Crippen LogP contribution in [-0.4, -0.2) is 12.1 Å². The van der Waals surface area contributed by atoms with Gasteiger partial charge in [0, 0.05) is 6.07 Å². The van der Waals surface area contributed by atoms with Gasteiger partial charge in [0.15, 0.2) is 0 Å². The molecule has 4 nitrogen and oxygen atoms in total. The van der Waals surface area contributed by atoms with E-state index in [1.807, 2.05) is 26.0 Å². The van der Waals surface area contributed by atoms with Crippen LogP contribution >= 0.6 is 11.6 Å². The molecule has 0 amide bonds. The lowest BCUT2D eigenvalue weighted by molar-refractivity contribution is 0.415. The van der Waals surface area contributed by atoms with E-state index in [1.165, 1.54) is 0 Å². The molecule has 1 N–H and O–H groups in total. The van der Waals surface area contributed by atoms with Crippen molar-refractivity contribution in [2.75, 3.05) is 12.4 Å².